The van der Waals surface area contributed by atoms with Crippen molar-refractivity contribution in [2.24, 2.45) is 0 Å². The molecule has 1 heterocycles. The van der Waals surface area contributed by atoms with Crippen molar-refractivity contribution >= 4 is 24.5 Å². The smallest absolute Gasteiger partial charge is 0.261 e. The second-order valence-electron chi connectivity index (χ2n) is 9.19. The number of likely N-dealkylation sites (tertiary alicyclic amines) is 1. The zero-order chi connectivity index (χ0) is 20.9. The van der Waals surface area contributed by atoms with Crippen LogP contribution in [-0.2, 0) is 9.22 Å². The SMILES string of the molecule is CCCCN1CC(=O)C[C@H]1CO[Si](c1ccccc1)(c1ccccc1)C(C)(C)C. The van der Waals surface area contributed by atoms with Gasteiger partial charge < -0.3 is 4.43 Å². The lowest BCUT2D eigenvalue weighted by Gasteiger charge is -2.44. The Labute approximate surface area is 177 Å². The van der Waals surface area contributed by atoms with E-state index in [4.69, 9.17) is 4.43 Å². The Balaban J connectivity index is 1.97. The number of unbranched alkanes of at least 4 members (excludes halogenated alkanes) is 1. The van der Waals surface area contributed by atoms with Gasteiger partial charge in [0.05, 0.1) is 13.2 Å². The molecule has 29 heavy (non-hydrogen) atoms. The van der Waals surface area contributed by atoms with Gasteiger partial charge in [0.15, 0.2) is 0 Å². The highest BCUT2D eigenvalue weighted by atomic mass is 28.4. The Bertz CT molecular complexity index is 746. The summed E-state index contributed by atoms with van der Waals surface area (Å²) in [5.74, 6) is 0.345. The molecule has 1 atom stereocenters. The third-order valence-corrected chi connectivity index (χ3v) is 11.1. The molecule has 2 aromatic carbocycles. The largest absolute Gasteiger partial charge is 0.406 e. The van der Waals surface area contributed by atoms with Gasteiger partial charge in [0.1, 0.15) is 5.78 Å². The lowest BCUT2D eigenvalue weighted by atomic mass is 10.2. The van der Waals surface area contributed by atoms with Gasteiger partial charge >= 0.3 is 0 Å². The summed E-state index contributed by atoms with van der Waals surface area (Å²) >= 11 is 0. The molecule has 0 N–H and O–H groups in total. The molecule has 0 unspecified atom stereocenters. The van der Waals surface area contributed by atoms with Crippen LogP contribution in [-0.4, -0.2) is 44.7 Å². The highest BCUT2D eigenvalue weighted by Crippen LogP contribution is 2.37. The zero-order valence-electron chi connectivity index (χ0n) is 18.4. The van der Waals surface area contributed by atoms with Crippen molar-refractivity contribution in [1.29, 1.82) is 0 Å². The lowest BCUT2D eigenvalue weighted by Crippen LogP contribution is -2.67. The minimum Gasteiger partial charge on any atom is -0.406 e. The van der Waals surface area contributed by atoms with Crippen molar-refractivity contribution in [3.8, 4) is 0 Å². The summed E-state index contributed by atoms with van der Waals surface area (Å²) in [7, 11) is -2.54. The predicted octanol–water partition coefficient (Wildman–Crippen LogP) is 4.01. The van der Waals surface area contributed by atoms with Crippen molar-refractivity contribution < 1.29 is 9.22 Å². The van der Waals surface area contributed by atoms with Crippen LogP contribution in [0.3, 0.4) is 0 Å². The molecule has 4 heteroatoms. The molecular formula is C25H35NO2Si. The second-order valence-corrected chi connectivity index (χ2v) is 13.5. The van der Waals surface area contributed by atoms with Crippen molar-refractivity contribution in [1.82, 2.24) is 4.90 Å². The summed E-state index contributed by atoms with van der Waals surface area (Å²) < 4.78 is 7.05. The molecule has 0 bridgehead atoms. The first kappa shape index (κ1) is 21.9. The van der Waals surface area contributed by atoms with E-state index in [1.807, 2.05) is 0 Å². The molecule has 0 spiro atoms. The van der Waals surface area contributed by atoms with Gasteiger partial charge in [0.25, 0.3) is 8.32 Å². The van der Waals surface area contributed by atoms with Crippen LogP contribution in [0.2, 0.25) is 5.04 Å². The van der Waals surface area contributed by atoms with Gasteiger partial charge in [-0.15, -0.1) is 0 Å². The molecule has 0 saturated carbocycles. The molecular weight excluding hydrogens is 374 g/mol. The van der Waals surface area contributed by atoms with Gasteiger partial charge in [-0.25, -0.2) is 0 Å². The van der Waals surface area contributed by atoms with E-state index in [1.165, 1.54) is 10.4 Å². The first-order valence-corrected chi connectivity index (χ1v) is 12.8. The molecule has 1 saturated heterocycles. The third-order valence-electron chi connectivity index (χ3n) is 6.07. The van der Waals surface area contributed by atoms with Crippen LogP contribution in [0.25, 0.3) is 0 Å². The standard InChI is InChI=1S/C25H35NO2Si/c1-5-6-17-26-19-22(27)18-21(26)20-28-29(25(2,3)4,23-13-9-7-10-14-23)24-15-11-8-12-16-24/h7-16,21H,5-6,17-20H2,1-4H3/t21-/m0/s1. The van der Waals surface area contributed by atoms with Crippen molar-refractivity contribution in [3.63, 3.8) is 0 Å². The Morgan fingerprint density at radius 2 is 1.55 bits per heavy atom. The number of carbonyl (C=O) groups is 1. The van der Waals surface area contributed by atoms with Gasteiger partial charge in [0, 0.05) is 12.5 Å². The Morgan fingerprint density at radius 3 is 2.03 bits per heavy atom. The molecule has 156 valence electrons. The summed E-state index contributed by atoms with van der Waals surface area (Å²) in [5.41, 5.74) is 0. The average Bonchev–Trinajstić information content (AvgIpc) is 3.07. The first-order chi connectivity index (χ1) is 13.9. The topological polar surface area (TPSA) is 29.5 Å². The van der Waals surface area contributed by atoms with E-state index < -0.39 is 8.32 Å². The number of Topliss-reactive ketones (excluding diaryl/α,β-unsaturated/α-hetero) is 1. The maximum Gasteiger partial charge on any atom is 0.261 e. The summed E-state index contributed by atoms with van der Waals surface area (Å²) in [6.45, 7) is 11.3. The fourth-order valence-corrected chi connectivity index (χ4v) is 9.18. The number of hydrogen-bond acceptors (Lipinski definition) is 3. The molecule has 0 amide bonds. The minimum atomic E-state index is -2.54. The number of ketones is 1. The molecule has 3 rings (SSSR count). The molecule has 1 fully saturated rings. The van der Waals surface area contributed by atoms with E-state index in [9.17, 15) is 4.79 Å². The van der Waals surface area contributed by atoms with Crippen LogP contribution in [0, 0.1) is 0 Å². The molecule has 1 aliphatic rings. The summed E-state index contributed by atoms with van der Waals surface area (Å²) in [6, 6.07) is 21.7. The zero-order valence-corrected chi connectivity index (χ0v) is 19.4. The maximum atomic E-state index is 12.2. The van der Waals surface area contributed by atoms with Gasteiger partial charge in [0.2, 0.25) is 0 Å². The Hall–Kier alpha value is -1.75. The fourth-order valence-electron chi connectivity index (χ4n) is 4.58. The Kier molecular flexibility index (Phi) is 7.09. The minimum absolute atomic E-state index is 0.0352. The van der Waals surface area contributed by atoms with E-state index >= 15 is 0 Å². The number of hydrogen-bond donors (Lipinski definition) is 0. The number of rotatable bonds is 8. The Morgan fingerprint density at radius 1 is 1.00 bits per heavy atom. The van der Waals surface area contributed by atoms with E-state index in [0.717, 1.165) is 19.4 Å². The maximum absolute atomic E-state index is 12.2. The molecule has 0 aliphatic carbocycles. The quantitative estimate of drug-likeness (QED) is 0.617. The number of nitrogens with zero attached hydrogens (tertiary/aromatic N) is 1. The van der Waals surface area contributed by atoms with Crippen LogP contribution in [0.1, 0.15) is 47.0 Å². The van der Waals surface area contributed by atoms with E-state index in [1.54, 1.807) is 0 Å². The van der Waals surface area contributed by atoms with Gasteiger partial charge in [-0.1, -0.05) is 94.8 Å². The van der Waals surface area contributed by atoms with Crippen LogP contribution < -0.4 is 10.4 Å². The highest BCUT2D eigenvalue weighted by molar-refractivity contribution is 6.99. The van der Waals surface area contributed by atoms with Crippen LogP contribution in [0.4, 0.5) is 0 Å². The molecule has 0 aromatic heterocycles. The van der Waals surface area contributed by atoms with Crippen LogP contribution in [0.5, 0.6) is 0 Å². The molecule has 1 aliphatic heterocycles. The highest BCUT2D eigenvalue weighted by Gasteiger charge is 2.50. The van der Waals surface area contributed by atoms with Gasteiger partial charge in [-0.3, -0.25) is 9.69 Å². The van der Waals surface area contributed by atoms with Gasteiger partial charge in [-0.05, 0) is 28.4 Å². The third kappa shape index (κ3) is 4.71. The van der Waals surface area contributed by atoms with Crippen molar-refractivity contribution in [2.45, 2.75) is 58.0 Å². The average molecular weight is 410 g/mol. The molecule has 3 nitrogen and oxygen atoms in total. The summed E-state index contributed by atoms with van der Waals surface area (Å²) in [5, 5.41) is 2.55. The normalized spacial score (nSPS) is 18.3. The first-order valence-electron chi connectivity index (χ1n) is 10.9. The molecule has 2 aromatic rings. The predicted molar refractivity (Wildman–Crippen MR) is 123 cm³/mol. The van der Waals surface area contributed by atoms with Crippen molar-refractivity contribution in [3.05, 3.63) is 60.7 Å². The monoisotopic (exact) mass is 409 g/mol. The second kappa shape index (κ2) is 9.37. The summed E-state index contributed by atoms with van der Waals surface area (Å²) in [4.78, 5) is 14.5. The number of benzene rings is 2. The fraction of sp³-hybridized carbons (Fsp3) is 0.480. The van der Waals surface area contributed by atoms with Crippen LogP contribution >= 0.6 is 0 Å². The van der Waals surface area contributed by atoms with Crippen LogP contribution in [0.15, 0.2) is 60.7 Å². The van der Waals surface area contributed by atoms with E-state index in [2.05, 4.69) is 93.3 Å². The van der Waals surface area contributed by atoms with Crippen molar-refractivity contribution in [2.75, 3.05) is 19.7 Å². The lowest BCUT2D eigenvalue weighted by molar-refractivity contribution is -0.117. The van der Waals surface area contributed by atoms with Gasteiger partial charge in [-0.2, -0.15) is 0 Å². The number of carbonyl (C=O) groups excluding carboxylic acids is 1. The summed E-state index contributed by atoms with van der Waals surface area (Å²) in [6.07, 6.45) is 2.89. The van der Waals surface area contributed by atoms with E-state index in [-0.39, 0.29) is 11.1 Å². The van der Waals surface area contributed by atoms with E-state index in [0.29, 0.717) is 25.4 Å². The molecule has 0 radical (unpaired) electrons.